The number of methoxy groups -OCH3 is 1. The summed E-state index contributed by atoms with van der Waals surface area (Å²) >= 11 is 0. The van der Waals surface area contributed by atoms with Gasteiger partial charge in [0.1, 0.15) is 5.75 Å². The highest BCUT2D eigenvalue weighted by atomic mass is 16.6. The molecule has 0 aliphatic carbocycles. The van der Waals surface area contributed by atoms with Gasteiger partial charge in [0, 0.05) is 19.0 Å². The zero-order valence-corrected chi connectivity index (χ0v) is 11.2. The smallest absolute Gasteiger partial charge is 0.142 e. The van der Waals surface area contributed by atoms with Crippen molar-refractivity contribution < 1.29 is 9.57 Å². The Hall–Kier alpha value is -1.26. The average molecular weight is 250 g/mol. The minimum absolute atomic E-state index is 0.508. The number of anilines is 1. The molecule has 4 heteroatoms. The molecule has 1 saturated heterocycles. The lowest BCUT2D eigenvalue weighted by Crippen LogP contribution is -2.37. The molecule has 1 unspecified atom stereocenters. The number of hydrogen-bond donors (Lipinski definition) is 1. The minimum atomic E-state index is 0.508. The number of hydrogen-bond acceptors (Lipinski definition) is 4. The van der Waals surface area contributed by atoms with E-state index in [4.69, 9.17) is 15.5 Å². The zero-order valence-electron chi connectivity index (χ0n) is 11.2. The molecule has 1 fully saturated rings. The highest BCUT2D eigenvalue weighted by Gasteiger charge is 2.22. The largest absolute Gasteiger partial charge is 0.495 e. The van der Waals surface area contributed by atoms with E-state index in [-0.39, 0.29) is 0 Å². The van der Waals surface area contributed by atoms with Crippen LogP contribution in [0.15, 0.2) is 18.2 Å². The number of nitrogens with two attached hydrogens (primary N) is 1. The van der Waals surface area contributed by atoms with Crippen LogP contribution in [0, 0.1) is 12.8 Å². The summed E-state index contributed by atoms with van der Waals surface area (Å²) in [5, 5.41) is 0. The van der Waals surface area contributed by atoms with Gasteiger partial charge in [0.05, 0.1) is 19.4 Å². The molecule has 0 saturated carbocycles. The van der Waals surface area contributed by atoms with Crippen LogP contribution in [-0.2, 0) is 4.84 Å². The lowest BCUT2D eigenvalue weighted by molar-refractivity contribution is 0.0951. The van der Waals surface area contributed by atoms with Gasteiger partial charge in [-0.2, -0.15) is 0 Å². The summed E-state index contributed by atoms with van der Waals surface area (Å²) in [6.45, 7) is 4.79. The molecule has 1 atom stereocenters. The molecule has 100 valence electrons. The van der Waals surface area contributed by atoms with Crippen molar-refractivity contribution in [2.45, 2.75) is 19.8 Å². The number of nitrogens with zero attached hydrogens (tertiary/aromatic N) is 1. The molecular formula is C14H22N2O2. The number of benzene rings is 1. The molecule has 1 aromatic rings. The van der Waals surface area contributed by atoms with Crippen molar-refractivity contribution in [1.29, 1.82) is 0 Å². The zero-order chi connectivity index (χ0) is 13.0. The first-order valence-electron chi connectivity index (χ1n) is 6.46. The first kappa shape index (κ1) is 13.2. The van der Waals surface area contributed by atoms with Gasteiger partial charge < -0.3 is 14.5 Å². The normalized spacial score (nSPS) is 19.9. The standard InChI is InChI=1S/C14H22N2O2/c1-11-5-6-14(17-2)13(8-11)16-7-3-4-12(9-16)10-18-15/h5-6,8,12H,3-4,7,9-10,15H2,1-2H3. The van der Waals surface area contributed by atoms with Gasteiger partial charge in [0.25, 0.3) is 0 Å². The van der Waals surface area contributed by atoms with Crippen LogP contribution in [0.5, 0.6) is 5.75 Å². The maximum absolute atomic E-state index is 5.45. The predicted octanol–water partition coefficient (Wildman–Crippen LogP) is 2.11. The lowest BCUT2D eigenvalue weighted by Gasteiger charge is -2.34. The monoisotopic (exact) mass is 250 g/mol. The summed E-state index contributed by atoms with van der Waals surface area (Å²) in [7, 11) is 1.72. The Morgan fingerprint density at radius 1 is 1.44 bits per heavy atom. The molecule has 1 aromatic carbocycles. The minimum Gasteiger partial charge on any atom is -0.495 e. The highest BCUT2D eigenvalue weighted by molar-refractivity contribution is 5.60. The summed E-state index contributed by atoms with van der Waals surface area (Å²) in [5.41, 5.74) is 2.43. The molecule has 0 amide bonds. The van der Waals surface area contributed by atoms with Crippen LogP contribution in [0.3, 0.4) is 0 Å². The van der Waals surface area contributed by atoms with Crippen molar-refractivity contribution >= 4 is 5.69 Å². The second-order valence-electron chi connectivity index (χ2n) is 4.96. The van der Waals surface area contributed by atoms with Crippen LogP contribution in [0.2, 0.25) is 0 Å². The Morgan fingerprint density at radius 2 is 2.28 bits per heavy atom. The third kappa shape index (κ3) is 2.94. The van der Waals surface area contributed by atoms with E-state index in [1.165, 1.54) is 24.1 Å². The number of piperidine rings is 1. The topological polar surface area (TPSA) is 47.7 Å². The Morgan fingerprint density at radius 3 is 3.00 bits per heavy atom. The molecule has 1 heterocycles. The maximum Gasteiger partial charge on any atom is 0.142 e. The molecule has 0 radical (unpaired) electrons. The van der Waals surface area contributed by atoms with Gasteiger partial charge >= 0.3 is 0 Å². The Labute approximate surface area is 109 Å². The molecule has 0 bridgehead atoms. The van der Waals surface area contributed by atoms with Crippen molar-refractivity contribution in [1.82, 2.24) is 0 Å². The van der Waals surface area contributed by atoms with Gasteiger partial charge in [-0.1, -0.05) is 6.07 Å². The Bertz CT molecular complexity index is 393. The quantitative estimate of drug-likeness (QED) is 0.831. The summed E-state index contributed by atoms with van der Waals surface area (Å²) in [4.78, 5) is 7.16. The van der Waals surface area contributed by atoms with Crippen LogP contribution in [-0.4, -0.2) is 26.8 Å². The van der Waals surface area contributed by atoms with Gasteiger partial charge in [-0.05, 0) is 37.5 Å². The third-order valence-corrected chi connectivity index (χ3v) is 3.53. The molecule has 18 heavy (non-hydrogen) atoms. The third-order valence-electron chi connectivity index (χ3n) is 3.53. The summed E-state index contributed by atoms with van der Waals surface area (Å²) in [6.07, 6.45) is 2.35. The van der Waals surface area contributed by atoms with E-state index in [1.807, 2.05) is 6.07 Å². The van der Waals surface area contributed by atoms with E-state index < -0.39 is 0 Å². The van der Waals surface area contributed by atoms with Crippen molar-refractivity contribution in [3.8, 4) is 5.75 Å². The summed E-state index contributed by atoms with van der Waals surface area (Å²) < 4.78 is 5.45. The summed E-state index contributed by atoms with van der Waals surface area (Å²) in [6, 6.07) is 6.30. The second kappa shape index (κ2) is 6.07. The first-order valence-corrected chi connectivity index (χ1v) is 6.46. The Balaban J connectivity index is 2.17. The summed E-state index contributed by atoms with van der Waals surface area (Å²) in [5.74, 6) is 6.63. The van der Waals surface area contributed by atoms with Crippen LogP contribution < -0.4 is 15.5 Å². The van der Waals surface area contributed by atoms with Crippen molar-refractivity contribution in [3.05, 3.63) is 23.8 Å². The molecule has 2 rings (SSSR count). The van der Waals surface area contributed by atoms with E-state index in [0.717, 1.165) is 18.8 Å². The molecule has 4 nitrogen and oxygen atoms in total. The van der Waals surface area contributed by atoms with E-state index in [9.17, 15) is 0 Å². The van der Waals surface area contributed by atoms with Crippen molar-refractivity contribution in [2.24, 2.45) is 11.8 Å². The van der Waals surface area contributed by atoms with Gasteiger partial charge in [0.15, 0.2) is 0 Å². The molecular weight excluding hydrogens is 228 g/mol. The SMILES string of the molecule is COc1ccc(C)cc1N1CCCC(CON)C1. The van der Waals surface area contributed by atoms with Crippen LogP contribution in [0.1, 0.15) is 18.4 Å². The van der Waals surface area contributed by atoms with E-state index >= 15 is 0 Å². The molecule has 1 aliphatic rings. The van der Waals surface area contributed by atoms with Crippen LogP contribution in [0.4, 0.5) is 5.69 Å². The van der Waals surface area contributed by atoms with Crippen molar-refractivity contribution in [2.75, 3.05) is 31.7 Å². The number of rotatable bonds is 4. The van der Waals surface area contributed by atoms with Crippen LogP contribution >= 0.6 is 0 Å². The van der Waals surface area contributed by atoms with E-state index in [1.54, 1.807) is 7.11 Å². The molecule has 1 aliphatic heterocycles. The fourth-order valence-corrected chi connectivity index (χ4v) is 2.60. The van der Waals surface area contributed by atoms with E-state index in [0.29, 0.717) is 12.5 Å². The first-order chi connectivity index (χ1) is 8.74. The van der Waals surface area contributed by atoms with Crippen LogP contribution in [0.25, 0.3) is 0 Å². The molecule has 0 aromatic heterocycles. The molecule has 2 N–H and O–H groups in total. The van der Waals surface area contributed by atoms with Gasteiger partial charge in [-0.3, -0.25) is 0 Å². The fraction of sp³-hybridized carbons (Fsp3) is 0.571. The Kier molecular flexibility index (Phi) is 4.44. The average Bonchev–Trinajstić information content (AvgIpc) is 2.39. The molecule has 0 spiro atoms. The van der Waals surface area contributed by atoms with Gasteiger partial charge in [0.2, 0.25) is 0 Å². The van der Waals surface area contributed by atoms with Gasteiger partial charge in [-0.15, -0.1) is 0 Å². The highest BCUT2D eigenvalue weighted by Crippen LogP contribution is 2.32. The van der Waals surface area contributed by atoms with Crippen molar-refractivity contribution in [3.63, 3.8) is 0 Å². The maximum atomic E-state index is 5.45. The van der Waals surface area contributed by atoms with E-state index in [2.05, 4.69) is 24.0 Å². The van der Waals surface area contributed by atoms with Gasteiger partial charge in [-0.25, -0.2) is 5.90 Å². The second-order valence-corrected chi connectivity index (χ2v) is 4.96. The number of aryl methyl sites for hydroxylation is 1. The predicted molar refractivity (Wildman–Crippen MR) is 72.8 cm³/mol. The number of ether oxygens (including phenoxy) is 1. The fourth-order valence-electron chi connectivity index (χ4n) is 2.60. The lowest BCUT2D eigenvalue weighted by atomic mass is 9.98.